The Balaban J connectivity index is 2.18. The summed E-state index contributed by atoms with van der Waals surface area (Å²) in [6, 6.07) is 0. The zero-order chi connectivity index (χ0) is 17.3. The fourth-order valence-corrected chi connectivity index (χ4v) is 5.19. The van der Waals surface area contributed by atoms with Gasteiger partial charge in [-0.05, 0) is 74.5 Å². The number of ether oxygens (including phenoxy) is 1. The van der Waals surface area contributed by atoms with Gasteiger partial charge in [-0.3, -0.25) is 0 Å². The topological polar surface area (TPSA) is 26.3 Å². The first-order chi connectivity index (χ1) is 10.7. The van der Waals surface area contributed by atoms with Crippen molar-refractivity contribution in [1.82, 2.24) is 0 Å². The van der Waals surface area contributed by atoms with Crippen molar-refractivity contribution in [1.29, 1.82) is 0 Å². The second kappa shape index (κ2) is 6.83. The van der Waals surface area contributed by atoms with Gasteiger partial charge in [0.15, 0.2) is 0 Å². The number of methoxy groups -OCH3 is 1. The zero-order valence-electron chi connectivity index (χ0n) is 15.7. The first-order valence-electron chi connectivity index (χ1n) is 9.17. The number of carbonyl (C=O) groups is 1. The van der Waals surface area contributed by atoms with E-state index in [4.69, 9.17) is 4.74 Å². The lowest BCUT2D eigenvalue weighted by molar-refractivity contribution is -0.134. The van der Waals surface area contributed by atoms with Crippen LogP contribution >= 0.6 is 0 Å². The largest absolute Gasteiger partial charge is 0.466 e. The second-order valence-electron chi connectivity index (χ2n) is 8.43. The molecule has 0 aromatic rings. The maximum Gasteiger partial charge on any atom is 0.330 e. The third-order valence-corrected chi connectivity index (χ3v) is 7.19. The van der Waals surface area contributed by atoms with Crippen molar-refractivity contribution in [2.75, 3.05) is 7.11 Å². The lowest BCUT2D eigenvalue weighted by atomic mass is 9.46. The smallest absolute Gasteiger partial charge is 0.330 e. The molecule has 0 aromatic heterocycles. The van der Waals surface area contributed by atoms with Crippen molar-refractivity contribution in [3.63, 3.8) is 0 Å². The van der Waals surface area contributed by atoms with E-state index < -0.39 is 0 Å². The third kappa shape index (κ3) is 3.41. The van der Waals surface area contributed by atoms with E-state index in [0.29, 0.717) is 10.8 Å². The molecule has 4 unspecified atom stereocenters. The summed E-state index contributed by atoms with van der Waals surface area (Å²) >= 11 is 0. The van der Waals surface area contributed by atoms with Crippen LogP contribution in [0.15, 0.2) is 23.8 Å². The molecule has 0 amide bonds. The van der Waals surface area contributed by atoms with Gasteiger partial charge in [-0.25, -0.2) is 4.79 Å². The molecule has 2 fully saturated rings. The molecule has 4 atom stereocenters. The molecule has 2 nitrogen and oxygen atoms in total. The highest BCUT2D eigenvalue weighted by molar-refractivity contribution is 5.82. The molecule has 2 aliphatic rings. The molecular weight excluding hydrogens is 284 g/mol. The molecule has 2 aliphatic carbocycles. The van der Waals surface area contributed by atoms with Crippen molar-refractivity contribution < 1.29 is 9.53 Å². The van der Waals surface area contributed by atoms with E-state index >= 15 is 0 Å². The number of esters is 1. The van der Waals surface area contributed by atoms with E-state index in [9.17, 15) is 4.79 Å². The first-order valence-corrected chi connectivity index (χ1v) is 9.17. The summed E-state index contributed by atoms with van der Waals surface area (Å²) in [6.07, 6.45) is 10.2. The van der Waals surface area contributed by atoms with Gasteiger partial charge >= 0.3 is 5.97 Å². The molecule has 0 aromatic carbocycles. The van der Waals surface area contributed by atoms with Crippen molar-refractivity contribution >= 4 is 5.97 Å². The van der Waals surface area contributed by atoms with Crippen LogP contribution in [0.1, 0.15) is 72.6 Å². The Bertz CT molecular complexity index is 504. The van der Waals surface area contributed by atoms with Gasteiger partial charge in [0.05, 0.1) is 7.11 Å². The van der Waals surface area contributed by atoms with Gasteiger partial charge in [0, 0.05) is 6.08 Å². The Morgan fingerprint density at radius 2 is 2.09 bits per heavy atom. The summed E-state index contributed by atoms with van der Waals surface area (Å²) in [7, 11) is 1.44. The van der Waals surface area contributed by atoms with Crippen LogP contribution in [0.3, 0.4) is 0 Å². The van der Waals surface area contributed by atoms with E-state index in [2.05, 4.69) is 27.4 Å². The minimum absolute atomic E-state index is 0.236. The van der Waals surface area contributed by atoms with E-state index in [0.717, 1.165) is 30.3 Å². The van der Waals surface area contributed by atoms with Crippen LogP contribution in [0, 0.1) is 22.7 Å². The Morgan fingerprint density at radius 1 is 1.39 bits per heavy atom. The quantitative estimate of drug-likeness (QED) is 0.378. The summed E-state index contributed by atoms with van der Waals surface area (Å²) < 4.78 is 4.75. The van der Waals surface area contributed by atoms with Crippen LogP contribution in [-0.2, 0) is 9.53 Å². The van der Waals surface area contributed by atoms with Crippen LogP contribution < -0.4 is 0 Å². The molecule has 2 saturated carbocycles. The van der Waals surface area contributed by atoms with Crippen molar-refractivity contribution in [3.8, 4) is 0 Å². The SMILES string of the molecule is C=C1CCCC2C1(C)CCC(C)C2(C)CCC(C)=CC(=O)OC. The van der Waals surface area contributed by atoms with Crippen molar-refractivity contribution in [3.05, 3.63) is 23.8 Å². The molecule has 0 radical (unpaired) electrons. The van der Waals surface area contributed by atoms with E-state index in [1.54, 1.807) is 6.08 Å². The van der Waals surface area contributed by atoms with Crippen LogP contribution in [0.2, 0.25) is 0 Å². The van der Waals surface area contributed by atoms with Gasteiger partial charge in [-0.2, -0.15) is 0 Å². The minimum Gasteiger partial charge on any atom is -0.466 e. The van der Waals surface area contributed by atoms with Gasteiger partial charge in [0.1, 0.15) is 0 Å². The summed E-state index contributed by atoms with van der Waals surface area (Å²) in [5, 5.41) is 0. The summed E-state index contributed by atoms with van der Waals surface area (Å²) in [4.78, 5) is 11.4. The lowest BCUT2D eigenvalue weighted by Gasteiger charge is -2.59. The van der Waals surface area contributed by atoms with Crippen molar-refractivity contribution in [2.45, 2.75) is 72.6 Å². The summed E-state index contributed by atoms with van der Waals surface area (Å²) in [5.74, 6) is 1.23. The predicted octanol–water partition coefficient (Wildman–Crippen LogP) is 5.68. The highest BCUT2D eigenvalue weighted by atomic mass is 16.5. The Labute approximate surface area is 142 Å². The van der Waals surface area contributed by atoms with Gasteiger partial charge in [0.2, 0.25) is 0 Å². The Morgan fingerprint density at radius 3 is 2.74 bits per heavy atom. The highest BCUT2D eigenvalue weighted by Crippen LogP contribution is 2.62. The molecule has 0 N–H and O–H groups in total. The van der Waals surface area contributed by atoms with E-state index in [1.807, 2.05) is 6.92 Å². The zero-order valence-corrected chi connectivity index (χ0v) is 15.7. The standard InChI is InChI=1S/C21H34O2/c1-15(14-19(22)23-6)10-12-20(4)17(3)11-13-21(5)16(2)8-7-9-18(20)21/h14,17-18H,2,7-13H2,1,3-6H3. The normalized spacial score (nSPS) is 38.1. The summed E-state index contributed by atoms with van der Waals surface area (Å²) in [5.41, 5.74) is 3.27. The van der Waals surface area contributed by atoms with E-state index in [1.165, 1.54) is 44.8 Å². The number of allylic oxidation sites excluding steroid dienone is 2. The van der Waals surface area contributed by atoms with Crippen LogP contribution in [0.25, 0.3) is 0 Å². The minimum atomic E-state index is -0.236. The molecule has 2 rings (SSSR count). The van der Waals surface area contributed by atoms with Crippen molar-refractivity contribution in [2.24, 2.45) is 22.7 Å². The number of carbonyl (C=O) groups excluding carboxylic acids is 1. The number of fused-ring (bicyclic) bond motifs is 1. The maximum atomic E-state index is 11.4. The number of rotatable bonds is 4. The van der Waals surface area contributed by atoms with Gasteiger partial charge in [-0.15, -0.1) is 0 Å². The Kier molecular flexibility index (Phi) is 5.43. The van der Waals surface area contributed by atoms with Crippen LogP contribution in [-0.4, -0.2) is 13.1 Å². The second-order valence-corrected chi connectivity index (χ2v) is 8.43. The van der Waals surface area contributed by atoms with Crippen LogP contribution in [0.4, 0.5) is 0 Å². The molecule has 23 heavy (non-hydrogen) atoms. The average molecular weight is 319 g/mol. The molecule has 130 valence electrons. The van der Waals surface area contributed by atoms with Crippen LogP contribution in [0.5, 0.6) is 0 Å². The van der Waals surface area contributed by atoms with Gasteiger partial charge < -0.3 is 4.74 Å². The van der Waals surface area contributed by atoms with Gasteiger partial charge in [0.25, 0.3) is 0 Å². The maximum absolute atomic E-state index is 11.4. The molecule has 0 bridgehead atoms. The fourth-order valence-electron chi connectivity index (χ4n) is 5.19. The van der Waals surface area contributed by atoms with E-state index in [-0.39, 0.29) is 5.97 Å². The first kappa shape index (κ1) is 18.3. The summed E-state index contributed by atoms with van der Waals surface area (Å²) in [6.45, 7) is 13.9. The molecule has 0 spiro atoms. The molecular formula is C21H34O2. The molecule has 2 heteroatoms. The molecule has 0 aliphatic heterocycles. The lowest BCUT2D eigenvalue weighted by Crippen LogP contribution is -2.50. The molecule has 0 saturated heterocycles. The predicted molar refractivity (Wildman–Crippen MR) is 96.1 cm³/mol. The van der Waals surface area contributed by atoms with Gasteiger partial charge in [-0.1, -0.05) is 38.5 Å². The highest BCUT2D eigenvalue weighted by Gasteiger charge is 2.53. The monoisotopic (exact) mass is 318 g/mol. The third-order valence-electron chi connectivity index (χ3n) is 7.19. The fraction of sp³-hybridized carbons (Fsp3) is 0.762. The molecule has 0 heterocycles. The number of hydrogen-bond donors (Lipinski definition) is 0. The average Bonchev–Trinajstić information content (AvgIpc) is 2.52. The number of hydrogen-bond acceptors (Lipinski definition) is 2. The Hall–Kier alpha value is -1.05.